The zero-order chi connectivity index (χ0) is 12.2. The van der Waals surface area contributed by atoms with Gasteiger partial charge in [0.05, 0.1) is 12.2 Å². The van der Waals surface area contributed by atoms with Crippen LogP contribution >= 0.6 is 0 Å². The third-order valence-electron chi connectivity index (χ3n) is 3.13. The molecule has 16 heavy (non-hydrogen) atoms. The van der Waals surface area contributed by atoms with E-state index in [1.54, 1.807) is 6.92 Å². The predicted octanol–water partition coefficient (Wildman–Crippen LogP) is 1.20. The van der Waals surface area contributed by atoms with Crippen molar-refractivity contribution in [2.75, 3.05) is 6.54 Å². The van der Waals surface area contributed by atoms with Crippen molar-refractivity contribution in [3.05, 3.63) is 0 Å². The van der Waals surface area contributed by atoms with E-state index in [4.69, 9.17) is 10.4 Å². The van der Waals surface area contributed by atoms with Crippen LogP contribution in [0.1, 0.15) is 39.5 Å². The van der Waals surface area contributed by atoms with Gasteiger partial charge in [-0.15, -0.1) is 0 Å². The molecule has 0 bridgehead atoms. The number of nitrogens with zero attached hydrogens (tertiary/aromatic N) is 1. The minimum absolute atomic E-state index is 0.140. The lowest BCUT2D eigenvalue weighted by Crippen LogP contribution is -2.48. The molecule has 0 heterocycles. The highest BCUT2D eigenvalue weighted by Gasteiger charge is 2.48. The first-order valence-electron chi connectivity index (χ1n) is 5.88. The summed E-state index contributed by atoms with van der Waals surface area (Å²) in [5, 5.41) is 20.8. The van der Waals surface area contributed by atoms with E-state index in [0.29, 0.717) is 31.7 Å². The summed E-state index contributed by atoms with van der Waals surface area (Å²) in [6, 6.07) is 2.13. The molecule has 0 aromatic carbocycles. The van der Waals surface area contributed by atoms with Crippen LogP contribution < -0.4 is 5.32 Å². The first-order valence-corrected chi connectivity index (χ1v) is 5.88. The number of nitriles is 1. The maximum absolute atomic E-state index is 11.8. The monoisotopic (exact) mass is 224 g/mol. The smallest absolute Gasteiger partial charge is 0.240 e. The molecule has 1 atom stereocenters. The van der Waals surface area contributed by atoms with Crippen molar-refractivity contribution in [2.24, 2.45) is 11.3 Å². The SMILES string of the molecule is CC(O)CCCNC(=O)C1(C#N)CC(C)C1. The van der Waals surface area contributed by atoms with Gasteiger partial charge in [0.25, 0.3) is 0 Å². The van der Waals surface area contributed by atoms with Crippen LogP contribution in [0.15, 0.2) is 0 Å². The lowest BCUT2D eigenvalue weighted by atomic mass is 9.63. The highest BCUT2D eigenvalue weighted by molar-refractivity contribution is 5.86. The van der Waals surface area contributed by atoms with Gasteiger partial charge in [0, 0.05) is 6.54 Å². The van der Waals surface area contributed by atoms with E-state index in [1.807, 2.05) is 0 Å². The number of rotatable bonds is 5. The quantitative estimate of drug-likeness (QED) is 0.689. The summed E-state index contributed by atoms with van der Waals surface area (Å²) in [5.41, 5.74) is -0.774. The maximum Gasteiger partial charge on any atom is 0.240 e. The Kier molecular flexibility index (Phi) is 4.31. The first-order chi connectivity index (χ1) is 7.50. The van der Waals surface area contributed by atoms with Gasteiger partial charge in [-0.25, -0.2) is 0 Å². The Balaban J connectivity index is 2.27. The Morgan fingerprint density at radius 3 is 2.75 bits per heavy atom. The van der Waals surface area contributed by atoms with Crippen molar-refractivity contribution in [1.29, 1.82) is 5.26 Å². The van der Waals surface area contributed by atoms with E-state index in [9.17, 15) is 4.79 Å². The van der Waals surface area contributed by atoms with Crippen LogP contribution in [0.5, 0.6) is 0 Å². The molecule has 1 rings (SSSR count). The highest BCUT2D eigenvalue weighted by Crippen LogP contribution is 2.44. The molecule has 1 aliphatic carbocycles. The number of hydrogen-bond donors (Lipinski definition) is 2. The van der Waals surface area contributed by atoms with Gasteiger partial charge in [-0.2, -0.15) is 5.26 Å². The Labute approximate surface area is 96.6 Å². The normalized spacial score (nSPS) is 30.0. The van der Waals surface area contributed by atoms with Crippen molar-refractivity contribution in [3.63, 3.8) is 0 Å². The second-order valence-electron chi connectivity index (χ2n) is 4.95. The number of aliphatic hydroxyl groups excluding tert-OH is 1. The van der Waals surface area contributed by atoms with Crippen LogP contribution in [0.4, 0.5) is 0 Å². The van der Waals surface area contributed by atoms with Crippen molar-refractivity contribution >= 4 is 5.91 Å². The molecular weight excluding hydrogens is 204 g/mol. The molecule has 2 N–H and O–H groups in total. The van der Waals surface area contributed by atoms with E-state index in [0.717, 1.165) is 6.42 Å². The van der Waals surface area contributed by atoms with Crippen LogP contribution in [-0.4, -0.2) is 23.7 Å². The molecule has 1 saturated carbocycles. The highest BCUT2D eigenvalue weighted by atomic mass is 16.3. The van der Waals surface area contributed by atoms with Crippen LogP contribution in [-0.2, 0) is 4.79 Å². The fourth-order valence-electron chi connectivity index (χ4n) is 2.23. The van der Waals surface area contributed by atoms with Gasteiger partial charge < -0.3 is 10.4 Å². The summed E-state index contributed by atoms with van der Waals surface area (Å²) >= 11 is 0. The fourth-order valence-corrected chi connectivity index (χ4v) is 2.23. The number of nitrogens with one attached hydrogen (secondary N) is 1. The van der Waals surface area contributed by atoms with Crippen LogP contribution in [0.3, 0.4) is 0 Å². The van der Waals surface area contributed by atoms with Gasteiger partial charge in [0.15, 0.2) is 0 Å². The lowest BCUT2D eigenvalue weighted by Gasteiger charge is -2.39. The van der Waals surface area contributed by atoms with E-state index in [1.165, 1.54) is 0 Å². The average molecular weight is 224 g/mol. The number of carbonyl (C=O) groups is 1. The molecule has 1 aliphatic rings. The van der Waals surface area contributed by atoms with E-state index >= 15 is 0 Å². The summed E-state index contributed by atoms with van der Waals surface area (Å²) in [6.07, 6.45) is 2.44. The zero-order valence-corrected chi connectivity index (χ0v) is 9.99. The van der Waals surface area contributed by atoms with Gasteiger partial charge in [-0.1, -0.05) is 6.92 Å². The molecule has 4 heteroatoms. The van der Waals surface area contributed by atoms with Crippen molar-refractivity contribution in [3.8, 4) is 6.07 Å². The number of carbonyl (C=O) groups excluding carboxylic acids is 1. The minimum Gasteiger partial charge on any atom is -0.393 e. The Hall–Kier alpha value is -1.08. The number of amides is 1. The second-order valence-corrected chi connectivity index (χ2v) is 4.95. The predicted molar refractivity (Wildman–Crippen MR) is 60.4 cm³/mol. The first kappa shape index (κ1) is 13.0. The summed E-state index contributed by atoms with van der Waals surface area (Å²) in [6.45, 7) is 4.32. The van der Waals surface area contributed by atoms with E-state index in [-0.39, 0.29) is 12.0 Å². The molecule has 0 aliphatic heterocycles. The van der Waals surface area contributed by atoms with Crippen molar-refractivity contribution in [2.45, 2.75) is 45.6 Å². The summed E-state index contributed by atoms with van der Waals surface area (Å²) in [4.78, 5) is 11.8. The number of aliphatic hydroxyl groups is 1. The standard InChI is InChI=1S/C12H20N2O2/c1-9-6-12(7-9,8-13)11(16)14-5-3-4-10(2)15/h9-10,15H,3-7H2,1-2H3,(H,14,16). The van der Waals surface area contributed by atoms with Gasteiger partial charge >= 0.3 is 0 Å². The molecule has 1 unspecified atom stereocenters. The Morgan fingerprint density at radius 1 is 1.69 bits per heavy atom. The van der Waals surface area contributed by atoms with Crippen LogP contribution in [0.2, 0.25) is 0 Å². The van der Waals surface area contributed by atoms with E-state index < -0.39 is 5.41 Å². The Morgan fingerprint density at radius 2 is 2.31 bits per heavy atom. The van der Waals surface area contributed by atoms with Gasteiger partial charge in [-0.05, 0) is 38.5 Å². The van der Waals surface area contributed by atoms with Gasteiger partial charge in [0.2, 0.25) is 5.91 Å². The molecule has 0 aromatic heterocycles. The number of hydrogen-bond acceptors (Lipinski definition) is 3. The largest absolute Gasteiger partial charge is 0.393 e. The summed E-state index contributed by atoms with van der Waals surface area (Å²) in [5.74, 6) is 0.335. The molecule has 1 fully saturated rings. The Bertz CT molecular complexity index is 288. The second kappa shape index (κ2) is 5.31. The van der Waals surface area contributed by atoms with Crippen LogP contribution in [0.25, 0.3) is 0 Å². The molecule has 0 aromatic rings. The molecule has 90 valence electrons. The van der Waals surface area contributed by atoms with Crippen molar-refractivity contribution < 1.29 is 9.90 Å². The maximum atomic E-state index is 11.8. The minimum atomic E-state index is -0.774. The molecule has 0 spiro atoms. The molecule has 0 saturated heterocycles. The third-order valence-corrected chi connectivity index (χ3v) is 3.13. The molecule has 0 radical (unpaired) electrons. The summed E-state index contributed by atoms with van der Waals surface area (Å²) in [7, 11) is 0. The van der Waals surface area contributed by atoms with Crippen molar-refractivity contribution in [1.82, 2.24) is 5.32 Å². The topological polar surface area (TPSA) is 73.1 Å². The fraction of sp³-hybridized carbons (Fsp3) is 0.833. The summed E-state index contributed by atoms with van der Waals surface area (Å²) < 4.78 is 0. The third kappa shape index (κ3) is 2.96. The zero-order valence-electron chi connectivity index (χ0n) is 9.99. The molecule has 4 nitrogen and oxygen atoms in total. The molecular formula is C12H20N2O2. The van der Waals surface area contributed by atoms with Gasteiger partial charge in [-0.3, -0.25) is 4.79 Å². The lowest BCUT2D eigenvalue weighted by molar-refractivity contribution is -0.133. The van der Waals surface area contributed by atoms with Gasteiger partial charge in [0.1, 0.15) is 5.41 Å². The van der Waals surface area contributed by atoms with E-state index in [2.05, 4.69) is 18.3 Å². The van der Waals surface area contributed by atoms with Crippen LogP contribution in [0, 0.1) is 22.7 Å². The average Bonchev–Trinajstić information content (AvgIpc) is 2.18. The molecule has 1 amide bonds.